The molecule has 1 aliphatic carbocycles. The van der Waals surface area contributed by atoms with Gasteiger partial charge in [0.05, 0.1) is 21.3 Å². The molecular formula is C23H28O4. The van der Waals surface area contributed by atoms with E-state index in [4.69, 9.17) is 18.9 Å². The molecule has 0 spiro atoms. The lowest BCUT2D eigenvalue weighted by Crippen LogP contribution is -2.36. The lowest BCUT2D eigenvalue weighted by molar-refractivity contribution is 0.0758. The number of fused-ring (bicyclic) bond motifs is 2. The average molecular weight is 368 g/mol. The van der Waals surface area contributed by atoms with Gasteiger partial charge in [0.15, 0.2) is 11.5 Å². The molecule has 1 heterocycles. The summed E-state index contributed by atoms with van der Waals surface area (Å²) in [6.45, 7) is 6.42. The zero-order valence-electron chi connectivity index (χ0n) is 17.1. The second-order valence-electron chi connectivity index (χ2n) is 8.09. The predicted octanol–water partition coefficient (Wildman–Crippen LogP) is 4.81. The van der Waals surface area contributed by atoms with Crippen LogP contribution in [0.5, 0.6) is 23.0 Å². The summed E-state index contributed by atoms with van der Waals surface area (Å²) in [4.78, 5) is 0. The van der Waals surface area contributed by atoms with Crippen LogP contribution in [0.1, 0.15) is 54.0 Å². The first-order valence-corrected chi connectivity index (χ1v) is 9.53. The van der Waals surface area contributed by atoms with Gasteiger partial charge in [-0.25, -0.2) is 0 Å². The Kier molecular flexibility index (Phi) is 4.25. The van der Waals surface area contributed by atoms with E-state index in [-0.39, 0.29) is 11.5 Å². The summed E-state index contributed by atoms with van der Waals surface area (Å²) in [5, 5.41) is 0. The van der Waals surface area contributed by atoms with E-state index < -0.39 is 0 Å². The number of hydrogen-bond donors (Lipinski definition) is 0. The van der Waals surface area contributed by atoms with Crippen molar-refractivity contribution in [1.82, 2.24) is 0 Å². The summed E-state index contributed by atoms with van der Waals surface area (Å²) in [5.74, 6) is 3.82. The van der Waals surface area contributed by atoms with E-state index in [0.717, 1.165) is 47.8 Å². The molecule has 1 unspecified atom stereocenters. The Balaban J connectivity index is 2.00. The van der Waals surface area contributed by atoms with Gasteiger partial charge in [-0.05, 0) is 63.3 Å². The molecule has 0 amide bonds. The first-order valence-electron chi connectivity index (χ1n) is 9.53. The summed E-state index contributed by atoms with van der Waals surface area (Å²) < 4.78 is 23.5. The Morgan fingerprint density at radius 2 is 1.74 bits per heavy atom. The van der Waals surface area contributed by atoms with E-state index in [9.17, 15) is 0 Å². The normalized spacial score (nSPS) is 19.3. The van der Waals surface area contributed by atoms with Gasteiger partial charge in [0.1, 0.15) is 17.1 Å². The van der Waals surface area contributed by atoms with Gasteiger partial charge >= 0.3 is 0 Å². The number of methoxy groups -OCH3 is 3. The van der Waals surface area contributed by atoms with E-state index in [2.05, 4.69) is 32.9 Å². The van der Waals surface area contributed by atoms with Gasteiger partial charge in [-0.1, -0.05) is 6.07 Å². The molecule has 0 radical (unpaired) electrons. The van der Waals surface area contributed by atoms with Crippen LogP contribution in [-0.2, 0) is 12.8 Å². The minimum Gasteiger partial charge on any atom is -0.496 e. The molecule has 0 fully saturated rings. The zero-order chi connectivity index (χ0) is 19.3. The Labute approximate surface area is 161 Å². The van der Waals surface area contributed by atoms with E-state index in [1.807, 2.05) is 6.07 Å². The molecule has 0 aromatic heterocycles. The smallest absolute Gasteiger partial charge is 0.164 e. The highest BCUT2D eigenvalue weighted by molar-refractivity contribution is 5.63. The van der Waals surface area contributed by atoms with Gasteiger partial charge in [0.2, 0.25) is 0 Å². The Morgan fingerprint density at radius 3 is 2.41 bits per heavy atom. The zero-order valence-corrected chi connectivity index (χ0v) is 17.1. The van der Waals surface area contributed by atoms with Gasteiger partial charge in [0.25, 0.3) is 0 Å². The second kappa shape index (κ2) is 6.36. The first-order chi connectivity index (χ1) is 12.9. The van der Waals surface area contributed by atoms with Crippen LogP contribution >= 0.6 is 0 Å². The Morgan fingerprint density at radius 1 is 1.00 bits per heavy atom. The third-order valence-corrected chi connectivity index (χ3v) is 5.95. The van der Waals surface area contributed by atoms with Crippen molar-refractivity contribution in [3.8, 4) is 23.0 Å². The standard InChI is InChI=1S/C23H28O4/c1-13-19(25-5)11-14-7-8-16-15(9-10-18(24-4)22(16)26-6)17-12-23(2,3)27-21(13)20(14)17/h9-11,17H,7-8,12H2,1-6H3. The molecule has 1 aliphatic heterocycles. The molecule has 1 atom stereocenters. The molecule has 4 nitrogen and oxygen atoms in total. The van der Waals surface area contributed by atoms with Crippen molar-refractivity contribution in [3.63, 3.8) is 0 Å². The number of aryl methyl sites for hydroxylation is 1. The van der Waals surface area contributed by atoms with Crippen LogP contribution in [-0.4, -0.2) is 26.9 Å². The van der Waals surface area contributed by atoms with Crippen LogP contribution < -0.4 is 18.9 Å². The van der Waals surface area contributed by atoms with Crippen molar-refractivity contribution < 1.29 is 18.9 Å². The number of ether oxygens (including phenoxy) is 4. The SMILES string of the molecule is COc1cc2c3c(c1C)OC(C)(C)CC3c1ccc(OC)c(OC)c1CC2. The highest BCUT2D eigenvalue weighted by Crippen LogP contribution is 2.53. The summed E-state index contributed by atoms with van der Waals surface area (Å²) in [5.41, 5.74) is 6.04. The summed E-state index contributed by atoms with van der Waals surface area (Å²) in [6.07, 6.45) is 2.77. The maximum atomic E-state index is 6.48. The summed E-state index contributed by atoms with van der Waals surface area (Å²) in [6, 6.07) is 6.43. The van der Waals surface area contributed by atoms with Crippen LogP contribution in [0.3, 0.4) is 0 Å². The van der Waals surface area contributed by atoms with Crippen LogP contribution in [0.25, 0.3) is 0 Å². The molecule has 0 saturated carbocycles. The summed E-state index contributed by atoms with van der Waals surface area (Å²) in [7, 11) is 5.15. The molecular weight excluding hydrogens is 340 g/mol. The maximum Gasteiger partial charge on any atom is 0.164 e. The van der Waals surface area contributed by atoms with Crippen LogP contribution in [0, 0.1) is 6.92 Å². The Hall–Kier alpha value is -2.36. The maximum absolute atomic E-state index is 6.48. The van der Waals surface area contributed by atoms with Gasteiger partial charge in [-0.3, -0.25) is 0 Å². The lowest BCUT2D eigenvalue weighted by atomic mass is 9.77. The molecule has 4 heteroatoms. The minimum absolute atomic E-state index is 0.249. The lowest BCUT2D eigenvalue weighted by Gasteiger charge is -2.40. The van der Waals surface area contributed by atoms with Gasteiger partial charge < -0.3 is 18.9 Å². The largest absolute Gasteiger partial charge is 0.496 e. The molecule has 2 aromatic carbocycles. The van der Waals surface area contributed by atoms with Crippen LogP contribution in [0.2, 0.25) is 0 Å². The molecule has 0 bridgehead atoms. The van der Waals surface area contributed by atoms with Gasteiger partial charge in [-0.2, -0.15) is 0 Å². The fourth-order valence-electron chi connectivity index (χ4n) is 4.76. The molecule has 0 N–H and O–H groups in total. The van der Waals surface area contributed by atoms with E-state index in [1.54, 1.807) is 21.3 Å². The van der Waals surface area contributed by atoms with E-state index >= 15 is 0 Å². The number of rotatable bonds is 3. The van der Waals surface area contributed by atoms with Crippen molar-refractivity contribution in [2.24, 2.45) is 0 Å². The minimum atomic E-state index is -0.249. The van der Waals surface area contributed by atoms with Crippen molar-refractivity contribution in [1.29, 1.82) is 0 Å². The Bertz CT molecular complexity index is 898. The number of benzene rings is 2. The number of hydrogen-bond acceptors (Lipinski definition) is 4. The van der Waals surface area contributed by atoms with Crippen LogP contribution in [0.4, 0.5) is 0 Å². The van der Waals surface area contributed by atoms with Crippen molar-refractivity contribution in [2.45, 2.75) is 51.6 Å². The van der Waals surface area contributed by atoms with E-state index in [1.165, 1.54) is 22.3 Å². The highest BCUT2D eigenvalue weighted by Gasteiger charge is 2.40. The topological polar surface area (TPSA) is 36.9 Å². The van der Waals surface area contributed by atoms with Crippen molar-refractivity contribution in [2.75, 3.05) is 21.3 Å². The molecule has 2 aromatic rings. The van der Waals surface area contributed by atoms with Crippen LogP contribution in [0.15, 0.2) is 18.2 Å². The fraction of sp³-hybridized carbons (Fsp3) is 0.478. The second-order valence-corrected chi connectivity index (χ2v) is 8.09. The molecule has 2 aliphatic rings. The predicted molar refractivity (Wildman–Crippen MR) is 106 cm³/mol. The first kappa shape index (κ1) is 18.0. The van der Waals surface area contributed by atoms with Crippen molar-refractivity contribution >= 4 is 0 Å². The highest BCUT2D eigenvalue weighted by atomic mass is 16.5. The molecule has 27 heavy (non-hydrogen) atoms. The fourth-order valence-corrected chi connectivity index (χ4v) is 4.76. The quantitative estimate of drug-likeness (QED) is 0.779. The third-order valence-electron chi connectivity index (χ3n) is 5.95. The van der Waals surface area contributed by atoms with E-state index in [0.29, 0.717) is 0 Å². The monoisotopic (exact) mass is 368 g/mol. The van der Waals surface area contributed by atoms with Gasteiger partial charge in [0, 0.05) is 22.6 Å². The molecule has 144 valence electrons. The molecule has 0 saturated heterocycles. The van der Waals surface area contributed by atoms with Gasteiger partial charge in [-0.15, -0.1) is 0 Å². The summed E-state index contributed by atoms with van der Waals surface area (Å²) >= 11 is 0. The van der Waals surface area contributed by atoms with Crippen molar-refractivity contribution in [3.05, 3.63) is 46.0 Å². The third kappa shape index (κ3) is 2.73. The molecule has 4 rings (SSSR count). The average Bonchev–Trinajstić information content (AvgIpc) is 2.80.